The van der Waals surface area contributed by atoms with Crippen molar-refractivity contribution in [2.24, 2.45) is 0 Å². The molecule has 0 bridgehead atoms. The normalized spacial score (nSPS) is 11.9. The van der Waals surface area contributed by atoms with Crippen LogP contribution in [0, 0.1) is 0 Å². The minimum atomic E-state index is 0.733. The van der Waals surface area contributed by atoms with Crippen LogP contribution in [0.2, 0.25) is 10.0 Å². The Hall–Kier alpha value is -2.76. The summed E-state index contributed by atoms with van der Waals surface area (Å²) in [6.07, 6.45) is 0. The highest BCUT2D eigenvalue weighted by Crippen LogP contribution is 2.45. The molecule has 0 saturated carbocycles. The average Bonchev–Trinajstić information content (AvgIpc) is 3.46. The first-order valence-electron chi connectivity index (χ1n) is 11.4. The molecule has 7 rings (SSSR count). The summed E-state index contributed by atoms with van der Waals surface area (Å²) in [6.45, 7) is 0. The predicted molar refractivity (Wildman–Crippen MR) is 161 cm³/mol. The molecule has 0 unspecified atom stereocenters. The molecule has 0 aliphatic rings. The minimum absolute atomic E-state index is 0.733. The van der Waals surface area contributed by atoms with Crippen molar-refractivity contribution in [2.45, 2.75) is 0 Å². The fraction of sp³-hybridized carbons (Fsp3) is 0. The average molecular weight is 635 g/mol. The van der Waals surface area contributed by atoms with Gasteiger partial charge < -0.3 is 9.97 Å². The van der Waals surface area contributed by atoms with Crippen molar-refractivity contribution in [1.82, 2.24) is 9.97 Å². The van der Waals surface area contributed by atoms with Gasteiger partial charge in [-0.2, -0.15) is 0 Å². The number of halogens is 4. The largest absolute Gasteiger partial charge is 0.354 e. The highest BCUT2D eigenvalue weighted by Gasteiger charge is 2.19. The van der Waals surface area contributed by atoms with Gasteiger partial charge in [0.1, 0.15) is 0 Å². The summed E-state index contributed by atoms with van der Waals surface area (Å²) in [5, 5.41) is 5.76. The molecule has 36 heavy (non-hydrogen) atoms. The second-order valence-electron chi connectivity index (χ2n) is 8.84. The minimum Gasteiger partial charge on any atom is -0.354 e. The summed E-state index contributed by atoms with van der Waals surface area (Å²) in [5.74, 6) is 0. The molecule has 2 nitrogen and oxygen atoms in total. The van der Waals surface area contributed by atoms with Crippen LogP contribution in [0.4, 0.5) is 0 Å². The smallest absolute Gasteiger partial charge is 0.0560 e. The molecule has 0 fully saturated rings. The second kappa shape index (κ2) is 8.39. The van der Waals surface area contributed by atoms with Gasteiger partial charge in [0.2, 0.25) is 0 Å². The summed E-state index contributed by atoms with van der Waals surface area (Å²) >= 11 is 21.0. The molecule has 0 aliphatic heterocycles. The quantitative estimate of drug-likeness (QED) is 0.190. The molecule has 2 aromatic heterocycles. The van der Waals surface area contributed by atoms with Crippen LogP contribution >= 0.6 is 55.1 Å². The number of rotatable bonds is 2. The number of H-pyrrole nitrogens is 2. The van der Waals surface area contributed by atoms with Gasteiger partial charge in [-0.1, -0.05) is 104 Å². The number of para-hydroxylation sites is 2. The lowest BCUT2D eigenvalue weighted by Gasteiger charge is -2.14. The predicted octanol–water partition coefficient (Wildman–Crippen LogP) is 11.1. The summed E-state index contributed by atoms with van der Waals surface area (Å²) < 4.78 is 1.98. The van der Waals surface area contributed by atoms with E-state index in [2.05, 4.69) is 90.4 Å². The van der Waals surface area contributed by atoms with Crippen LogP contribution in [0.25, 0.3) is 65.9 Å². The summed E-state index contributed by atoms with van der Waals surface area (Å²) in [4.78, 5) is 7.20. The number of hydrogen-bond acceptors (Lipinski definition) is 0. The molecule has 5 aromatic carbocycles. The van der Waals surface area contributed by atoms with Crippen molar-refractivity contribution in [2.75, 3.05) is 0 Å². The molecule has 0 aliphatic carbocycles. The van der Waals surface area contributed by atoms with E-state index >= 15 is 0 Å². The lowest BCUT2D eigenvalue weighted by atomic mass is 9.96. The lowest BCUT2D eigenvalue weighted by molar-refractivity contribution is 1.50. The van der Waals surface area contributed by atoms with Gasteiger partial charge >= 0.3 is 0 Å². The van der Waals surface area contributed by atoms with Crippen LogP contribution in [0.5, 0.6) is 0 Å². The third kappa shape index (κ3) is 3.29. The molecule has 0 amide bonds. The first kappa shape index (κ1) is 22.4. The van der Waals surface area contributed by atoms with E-state index in [9.17, 15) is 0 Å². The highest BCUT2D eigenvalue weighted by atomic mass is 79.9. The van der Waals surface area contributed by atoms with E-state index in [0.717, 1.165) is 84.9 Å². The molecular formula is C30H16Br2Cl2N2. The Morgan fingerprint density at radius 1 is 0.500 bits per heavy atom. The zero-order valence-corrected chi connectivity index (χ0v) is 23.3. The zero-order valence-electron chi connectivity index (χ0n) is 18.6. The Balaban J connectivity index is 1.53. The molecule has 2 N–H and O–H groups in total. The van der Waals surface area contributed by atoms with Crippen LogP contribution in [0.15, 0.2) is 93.9 Å². The number of fused-ring (bicyclic) bond motifs is 6. The van der Waals surface area contributed by atoms with Crippen molar-refractivity contribution in [3.63, 3.8) is 0 Å². The molecule has 0 saturated heterocycles. The Morgan fingerprint density at radius 3 is 1.42 bits per heavy atom. The van der Waals surface area contributed by atoms with E-state index in [0.29, 0.717) is 0 Å². The van der Waals surface area contributed by atoms with Crippen LogP contribution < -0.4 is 0 Å². The van der Waals surface area contributed by atoms with Crippen LogP contribution in [0.3, 0.4) is 0 Å². The van der Waals surface area contributed by atoms with Crippen LogP contribution in [-0.4, -0.2) is 9.97 Å². The fourth-order valence-corrected chi connectivity index (χ4v) is 7.18. The molecule has 6 heteroatoms. The van der Waals surface area contributed by atoms with E-state index < -0.39 is 0 Å². The first-order valence-corrected chi connectivity index (χ1v) is 13.7. The first-order chi connectivity index (χ1) is 17.5. The second-order valence-corrected chi connectivity index (χ2v) is 11.4. The SMILES string of the molecule is Clc1ccc(-c2cc(-c3ccc(Cl)c4c3[nH]c3ccccc34)c(Br)cc2Br)c2[nH]c3ccccc3c12. The van der Waals surface area contributed by atoms with E-state index in [1.165, 1.54) is 0 Å². The van der Waals surface area contributed by atoms with Gasteiger partial charge in [0.15, 0.2) is 0 Å². The summed E-state index contributed by atoms with van der Waals surface area (Å²) in [6, 6.07) is 29.0. The maximum absolute atomic E-state index is 6.69. The maximum atomic E-state index is 6.69. The van der Waals surface area contributed by atoms with Crippen LogP contribution in [0.1, 0.15) is 0 Å². The molecular weight excluding hydrogens is 619 g/mol. The monoisotopic (exact) mass is 632 g/mol. The van der Waals surface area contributed by atoms with Gasteiger partial charge in [-0.25, -0.2) is 0 Å². The molecule has 7 aromatic rings. The molecule has 0 spiro atoms. The number of nitrogens with one attached hydrogen (secondary N) is 2. The van der Waals surface area contributed by atoms with Crippen LogP contribution in [-0.2, 0) is 0 Å². The van der Waals surface area contributed by atoms with Gasteiger partial charge in [-0.05, 0) is 47.5 Å². The van der Waals surface area contributed by atoms with Gasteiger partial charge in [-0.15, -0.1) is 0 Å². The standard InChI is InChI=1S/C30H16Br2Cl2N2/c31-21-14-22(32)20(16-10-12-24(34)28-18-6-2-4-8-26(18)36-30(16)28)13-19(21)15-9-11-23(33)27-17-5-1-3-7-25(17)35-29(15)27/h1-14,35-36H. The zero-order chi connectivity index (χ0) is 24.6. The molecule has 174 valence electrons. The van der Waals surface area contributed by atoms with Crippen molar-refractivity contribution in [1.29, 1.82) is 0 Å². The van der Waals surface area contributed by atoms with Gasteiger partial charge in [-0.3, -0.25) is 0 Å². The van der Waals surface area contributed by atoms with Crippen molar-refractivity contribution in [3.8, 4) is 22.3 Å². The number of aromatic nitrogens is 2. The van der Waals surface area contributed by atoms with Gasteiger partial charge in [0, 0.05) is 52.7 Å². The Morgan fingerprint density at radius 2 is 0.944 bits per heavy atom. The lowest BCUT2D eigenvalue weighted by Crippen LogP contribution is -1.89. The van der Waals surface area contributed by atoms with Crippen molar-refractivity contribution in [3.05, 3.63) is 104 Å². The summed E-state index contributed by atoms with van der Waals surface area (Å²) in [5.41, 5.74) is 8.46. The molecule has 2 heterocycles. The highest BCUT2D eigenvalue weighted by molar-refractivity contribution is 9.11. The van der Waals surface area contributed by atoms with E-state index in [4.69, 9.17) is 23.2 Å². The van der Waals surface area contributed by atoms with E-state index in [1.54, 1.807) is 0 Å². The molecule has 0 atom stereocenters. The van der Waals surface area contributed by atoms with E-state index in [1.807, 2.05) is 36.4 Å². The third-order valence-corrected chi connectivity index (χ3v) is 8.80. The fourth-order valence-electron chi connectivity index (χ4n) is 5.24. The van der Waals surface area contributed by atoms with Crippen molar-refractivity contribution < 1.29 is 0 Å². The van der Waals surface area contributed by atoms with Gasteiger partial charge in [0.05, 0.1) is 21.1 Å². The Bertz CT molecular complexity index is 1860. The number of benzene rings is 5. The summed E-state index contributed by atoms with van der Waals surface area (Å²) in [7, 11) is 0. The maximum Gasteiger partial charge on any atom is 0.0560 e. The number of hydrogen-bond donors (Lipinski definition) is 2. The van der Waals surface area contributed by atoms with E-state index in [-0.39, 0.29) is 0 Å². The Kier molecular flexibility index (Phi) is 5.23. The van der Waals surface area contributed by atoms with Crippen molar-refractivity contribution >= 4 is 98.7 Å². The topological polar surface area (TPSA) is 31.6 Å². The Labute approximate surface area is 233 Å². The molecule has 0 radical (unpaired) electrons. The number of aromatic amines is 2. The third-order valence-electron chi connectivity index (χ3n) is 6.86. The van der Waals surface area contributed by atoms with Gasteiger partial charge in [0.25, 0.3) is 0 Å².